The van der Waals surface area contributed by atoms with E-state index in [1.807, 2.05) is 0 Å². The molecule has 6 aromatic carbocycles. The van der Waals surface area contributed by atoms with Crippen LogP contribution >= 0.6 is 34.8 Å². The number of fused-ring (bicyclic) bond motifs is 2. The van der Waals surface area contributed by atoms with Crippen molar-refractivity contribution in [3.05, 3.63) is 151 Å². The van der Waals surface area contributed by atoms with Gasteiger partial charge in [0.1, 0.15) is 13.2 Å². The van der Waals surface area contributed by atoms with Crippen LogP contribution in [0.4, 0.5) is 43.9 Å². The summed E-state index contributed by atoms with van der Waals surface area (Å²) in [4.78, 5) is 48.1. The highest BCUT2D eigenvalue weighted by Gasteiger charge is 2.64. The lowest BCUT2D eigenvalue weighted by Crippen LogP contribution is -2.43. The van der Waals surface area contributed by atoms with Gasteiger partial charge >= 0.3 is 18.5 Å². The zero-order chi connectivity index (χ0) is 55.0. The monoisotopic (exact) mass is 1120 g/mol. The summed E-state index contributed by atoms with van der Waals surface area (Å²) in [5.41, 5.74) is -11.2. The van der Waals surface area contributed by atoms with Gasteiger partial charge in [-0.05, 0) is 81.2 Å². The van der Waals surface area contributed by atoms with E-state index < -0.39 is 104 Å². The maximum Gasteiger partial charge on any atom is 0.435 e. The quantitative estimate of drug-likeness (QED) is 0.0360. The average molecular weight is 1120 g/mol. The van der Waals surface area contributed by atoms with Gasteiger partial charge in [-0.25, -0.2) is 4.39 Å². The van der Waals surface area contributed by atoms with E-state index in [1.165, 1.54) is 74.0 Å². The second-order valence-electron chi connectivity index (χ2n) is 16.7. The van der Waals surface area contributed by atoms with Crippen LogP contribution in [0.25, 0.3) is 32.7 Å². The van der Waals surface area contributed by atoms with Crippen molar-refractivity contribution in [1.82, 2.24) is 10.6 Å². The molecule has 8 rings (SSSR count). The number of nitrogens with zero attached hydrogens (tertiary/aromatic N) is 5. The summed E-state index contributed by atoms with van der Waals surface area (Å²) in [6.07, 6.45) is -15.8. The average Bonchev–Trinajstić information content (AvgIpc) is 4.05. The Morgan fingerprint density at radius 3 is 1.91 bits per heavy atom. The molecular formula is C50H32Cl3F10N7O6. The van der Waals surface area contributed by atoms with Crippen LogP contribution in [0.15, 0.2) is 112 Å². The van der Waals surface area contributed by atoms with Gasteiger partial charge in [-0.1, -0.05) is 97.9 Å². The third-order valence-corrected chi connectivity index (χ3v) is 12.9. The fourth-order valence-corrected chi connectivity index (χ4v) is 9.37. The van der Waals surface area contributed by atoms with Crippen molar-refractivity contribution in [3.63, 3.8) is 0 Å². The number of hydrogen-bond donors (Lipinski definition) is 2. The zero-order valence-electron chi connectivity index (χ0n) is 38.4. The van der Waals surface area contributed by atoms with Gasteiger partial charge < -0.3 is 30.0 Å². The summed E-state index contributed by atoms with van der Waals surface area (Å²) in [7, 11) is 1.26. The molecule has 2 unspecified atom stereocenters. The van der Waals surface area contributed by atoms with Crippen molar-refractivity contribution in [3.8, 4) is 17.2 Å². The standard InChI is InChI=1S/C50H32Cl3F10N7O6/c1-73-67-13-11-65-44(71)34-9-8-32(40-23-46(75-69-40,49(58,59)60)26-17-28(48(55,56)57)19-29(51)18-26)36-16-25(6-7-31(34)36)35-22-37(30-4-2-3-5-33(30)42(35)45(72)66-12-14-68-74-15-10-64)41-24-47(76-70-41,50(61,62)63)27-20-38(52)43(54)39(53)21-27/h2-9,13-14,16-22H,11-12,15,23-24H2,1H3,(H,65,71)(H,66,72)/b67-13+,68-14-. The first kappa shape index (κ1) is 54.6. The van der Waals surface area contributed by atoms with Crippen molar-refractivity contribution in [1.29, 1.82) is 5.26 Å². The van der Waals surface area contributed by atoms with Crippen LogP contribution in [0.1, 0.15) is 61.4 Å². The molecule has 0 spiro atoms. The lowest BCUT2D eigenvalue weighted by molar-refractivity contribution is -0.276. The number of oxime groups is 4. The molecule has 13 nitrogen and oxygen atoms in total. The van der Waals surface area contributed by atoms with Crippen LogP contribution in [0.3, 0.4) is 0 Å². The number of halogens is 13. The van der Waals surface area contributed by atoms with Crippen LogP contribution in [-0.2, 0) is 36.7 Å². The predicted octanol–water partition coefficient (Wildman–Crippen LogP) is 12.6. The Hall–Kier alpha value is -7.68. The van der Waals surface area contributed by atoms with Gasteiger partial charge in [-0.2, -0.15) is 44.8 Å². The highest BCUT2D eigenvalue weighted by molar-refractivity contribution is 6.35. The van der Waals surface area contributed by atoms with Crippen molar-refractivity contribution < 1.29 is 72.8 Å². The Balaban J connectivity index is 1.34. The maximum absolute atomic E-state index is 15.4. The van der Waals surface area contributed by atoms with Gasteiger partial charge in [0.15, 0.2) is 5.82 Å². The highest BCUT2D eigenvalue weighted by Crippen LogP contribution is 2.53. The number of benzene rings is 6. The van der Waals surface area contributed by atoms with E-state index in [-0.39, 0.29) is 79.8 Å². The molecule has 2 N–H and O–H groups in total. The van der Waals surface area contributed by atoms with E-state index in [0.717, 1.165) is 6.21 Å². The third kappa shape index (κ3) is 10.4. The molecule has 2 aliphatic rings. The van der Waals surface area contributed by atoms with E-state index in [4.69, 9.17) is 54.6 Å². The predicted molar refractivity (Wildman–Crippen MR) is 260 cm³/mol. The Labute approximate surface area is 437 Å². The first-order chi connectivity index (χ1) is 35.9. The third-order valence-electron chi connectivity index (χ3n) is 12.1. The van der Waals surface area contributed by atoms with Crippen molar-refractivity contribution in [2.45, 2.75) is 42.6 Å². The van der Waals surface area contributed by atoms with Crippen LogP contribution in [-0.4, -0.2) is 74.8 Å². The van der Waals surface area contributed by atoms with Crippen molar-refractivity contribution in [2.24, 2.45) is 20.6 Å². The SMILES string of the molecule is CO/N=C/CNC(=O)c1ccc(C2=NOC(c3cc(Cl)cc(C(F)(F)F)c3)(C(F)(F)F)C2)c2cc(-c3cc(C4=NOC(c5cc(Cl)c(F)c(Cl)c5)(C(F)(F)F)C4)c4ccccc4c3C(=O)NC/C=N\OCC#N)ccc12. The number of amides is 2. The minimum absolute atomic E-state index is 0.0338. The van der Waals surface area contributed by atoms with E-state index in [1.54, 1.807) is 6.07 Å². The van der Waals surface area contributed by atoms with Gasteiger partial charge in [0.05, 0.1) is 58.1 Å². The first-order valence-corrected chi connectivity index (χ1v) is 23.0. The van der Waals surface area contributed by atoms with Gasteiger partial charge in [0.2, 0.25) is 6.61 Å². The molecule has 6 aromatic rings. The second kappa shape index (κ2) is 21.2. The molecule has 2 amide bonds. The van der Waals surface area contributed by atoms with Gasteiger partial charge in [-0.3, -0.25) is 9.59 Å². The van der Waals surface area contributed by atoms with E-state index in [2.05, 4.69) is 36.1 Å². The molecule has 0 fully saturated rings. The summed E-state index contributed by atoms with van der Waals surface area (Å²) in [5, 5.41) is 27.0. The van der Waals surface area contributed by atoms with Gasteiger partial charge in [-0.15, -0.1) is 0 Å². The van der Waals surface area contributed by atoms with Crippen LogP contribution in [0.2, 0.25) is 15.1 Å². The zero-order valence-corrected chi connectivity index (χ0v) is 40.7. The van der Waals surface area contributed by atoms with Gasteiger partial charge in [0.25, 0.3) is 23.0 Å². The van der Waals surface area contributed by atoms with Crippen LogP contribution < -0.4 is 10.6 Å². The van der Waals surface area contributed by atoms with Crippen LogP contribution in [0.5, 0.6) is 0 Å². The number of carbonyl (C=O) groups is 2. The molecule has 0 saturated heterocycles. The molecule has 2 heterocycles. The molecule has 0 aromatic heterocycles. The first-order valence-electron chi connectivity index (χ1n) is 21.9. The van der Waals surface area contributed by atoms with Gasteiger partial charge in [0, 0.05) is 45.7 Å². The molecule has 2 aliphatic heterocycles. The summed E-state index contributed by atoms with van der Waals surface area (Å²) < 4.78 is 149. The number of rotatable bonds is 14. The number of nitrogens with one attached hydrogen (secondary N) is 2. The minimum Gasteiger partial charge on any atom is -0.399 e. The molecule has 2 atom stereocenters. The molecule has 0 saturated carbocycles. The number of nitriles is 1. The molecule has 0 aliphatic carbocycles. The number of hydrogen-bond acceptors (Lipinski definition) is 11. The molecule has 76 heavy (non-hydrogen) atoms. The molecular weight excluding hydrogens is 1090 g/mol. The Morgan fingerprint density at radius 2 is 1.30 bits per heavy atom. The van der Waals surface area contributed by atoms with E-state index in [0.29, 0.717) is 24.3 Å². The smallest absolute Gasteiger partial charge is 0.399 e. The highest BCUT2D eigenvalue weighted by atomic mass is 35.5. The Bertz CT molecular complexity index is 3470. The topological polar surface area (TPSA) is 168 Å². The van der Waals surface area contributed by atoms with Crippen LogP contribution in [0, 0.1) is 17.1 Å². The lowest BCUT2D eigenvalue weighted by atomic mass is 9.82. The minimum atomic E-state index is -5.43. The van der Waals surface area contributed by atoms with Crippen molar-refractivity contribution >= 4 is 92.0 Å². The summed E-state index contributed by atoms with van der Waals surface area (Å²) >= 11 is 17.9. The molecule has 26 heteroatoms. The number of carbonyl (C=O) groups excluding carboxylic acids is 2. The second-order valence-corrected chi connectivity index (χ2v) is 17.9. The fraction of sp³-hybridized carbons (Fsp3) is 0.220. The van der Waals surface area contributed by atoms with E-state index >= 15 is 26.3 Å². The summed E-state index contributed by atoms with van der Waals surface area (Å²) in [6.45, 7) is -0.888. The number of alkyl halides is 9. The normalized spacial score (nSPS) is 17.9. The Morgan fingerprint density at radius 1 is 0.711 bits per heavy atom. The van der Waals surface area contributed by atoms with E-state index in [9.17, 15) is 27.2 Å². The maximum atomic E-state index is 15.4. The largest absolute Gasteiger partial charge is 0.435 e. The fourth-order valence-electron chi connectivity index (χ4n) is 8.65. The summed E-state index contributed by atoms with van der Waals surface area (Å²) in [6, 6.07) is 18.3. The lowest BCUT2D eigenvalue weighted by Gasteiger charge is -2.30. The molecule has 0 bridgehead atoms. The Kier molecular flexibility index (Phi) is 15.2. The van der Waals surface area contributed by atoms with Crippen molar-refractivity contribution in [2.75, 3.05) is 26.8 Å². The molecule has 394 valence electrons. The molecule has 0 radical (unpaired) electrons. The summed E-state index contributed by atoms with van der Waals surface area (Å²) in [5.74, 6) is -2.74.